The molecule has 0 radical (unpaired) electrons. The zero-order chi connectivity index (χ0) is 14.5. The van der Waals surface area contributed by atoms with Crippen LogP contribution < -0.4 is 4.74 Å². The lowest BCUT2D eigenvalue weighted by Crippen LogP contribution is -1.95. The quantitative estimate of drug-likeness (QED) is 0.861. The van der Waals surface area contributed by atoms with Crippen molar-refractivity contribution in [1.82, 2.24) is 0 Å². The Bertz CT molecular complexity index is 645. The maximum absolute atomic E-state index is 11.1. The first-order valence-corrected chi connectivity index (χ1v) is 6.74. The fourth-order valence-corrected chi connectivity index (χ4v) is 2.28. The van der Waals surface area contributed by atoms with Crippen LogP contribution in [0.1, 0.15) is 11.1 Å². The average Bonchev–Trinajstić information content (AvgIpc) is 2.45. The lowest BCUT2D eigenvalue weighted by atomic mass is 9.97. The zero-order valence-corrected chi connectivity index (χ0v) is 12.4. The molecule has 1 N–H and O–H groups in total. The molecule has 2 aromatic rings. The molecule has 4 heteroatoms. The maximum Gasteiger partial charge on any atom is 0.328 e. The van der Waals surface area contributed by atoms with E-state index in [1.165, 1.54) is 6.08 Å². The minimum absolute atomic E-state index is 0.654. The molecule has 0 aliphatic rings. The van der Waals surface area contributed by atoms with Gasteiger partial charge < -0.3 is 9.84 Å². The molecular weight excluding hydrogens is 320 g/mol. The summed E-state index contributed by atoms with van der Waals surface area (Å²) in [7, 11) is 1.59. The Kier molecular flexibility index (Phi) is 4.58. The van der Waals surface area contributed by atoms with E-state index in [0.29, 0.717) is 5.57 Å². The molecule has 2 rings (SSSR count). The first-order valence-electron chi connectivity index (χ1n) is 5.95. The van der Waals surface area contributed by atoms with Gasteiger partial charge in [0.2, 0.25) is 0 Å². The summed E-state index contributed by atoms with van der Waals surface area (Å²) >= 11 is 3.40. The van der Waals surface area contributed by atoms with Gasteiger partial charge in [-0.25, -0.2) is 4.79 Å². The molecule has 0 saturated heterocycles. The number of aliphatic carboxylic acids is 1. The van der Waals surface area contributed by atoms with Gasteiger partial charge in [0.05, 0.1) is 7.11 Å². The van der Waals surface area contributed by atoms with Crippen molar-refractivity contribution in [3.8, 4) is 5.75 Å². The van der Waals surface area contributed by atoms with Crippen LogP contribution in [-0.4, -0.2) is 18.2 Å². The van der Waals surface area contributed by atoms with E-state index < -0.39 is 5.97 Å². The highest BCUT2D eigenvalue weighted by Crippen LogP contribution is 2.27. The van der Waals surface area contributed by atoms with E-state index >= 15 is 0 Å². The molecule has 0 amide bonds. The Morgan fingerprint density at radius 2 is 1.85 bits per heavy atom. The van der Waals surface area contributed by atoms with Crippen LogP contribution in [0.2, 0.25) is 0 Å². The van der Waals surface area contributed by atoms with Crippen LogP contribution in [-0.2, 0) is 4.79 Å². The van der Waals surface area contributed by atoms with Crippen LogP contribution in [0.5, 0.6) is 5.75 Å². The van der Waals surface area contributed by atoms with E-state index in [1.54, 1.807) is 7.11 Å². The fourth-order valence-electron chi connectivity index (χ4n) is 1.88. The summed E-state index contributed by atoms with van der Waals surface area (Å²) in [6.07, 6.45) is 1.21. The predicted octanol–water partition coefficient (Wildman–Crippen LogP) is 3.97. The van der Waals surface area contributed by atoms with Crippen molar-refractivity contribution >= 4 is 27.5 Å². The topological polar surface area (TPSA) is 46.5 Å². The monoisotopic (exact) mass is 332 g/mol. The van der Waals surface area contributed by atoms with Gasteiger partial charge in [0.25, 0.3) is 0 Å². The van der Waals surface area contributed by atoms with Crippen molar-refractivity contribution in [3.63, 3.8) is 0 Å². The summed E-state index contributed by atoms with van der Waals surface area (Å²) in [6.45, 7) is 0. The molecule has 20 heavy (non-hydrogen) atoms. The highest BCUT2D eigenvalue weighted by Gasteiger charge is 2.08. The Labute approximate surface area is 125 Å². The molecular formula is C16H13BrO3. The summed E-state index contributed by atoms with van der Waals surface area (Å²) in [4.78, 5) is 11.1. The van der Waals surface area contributed by atoms with E-state index in [9.17, 15) is 4.79 Å². The van der Waals surface area contributed by atoms with Gasteiger partial charge in [0.1, 0.15) is 5.75 Å². The molecule has 3 nitrogen and oxygen atoms in total. The molecule has 0 aliphatic carbocycles. The van der Waals surface area contributed by atoms with Crippen molar-refractivity contribution < 1.29 is 14.6 Å². The number of hydrogen-bond acceptors (Lipinski definition) is 2. The van der Waals surface area contributed by atoms with Gasteiger partial charge in [-0.3, -0.25) is 0 Å². The zero-order valence-electron chi connectivity index (χ0n) is 10.8. The highest BCUT2D eigenvalue weighted by molar-refractivity contribution is 9.10. The number of methoxy groups -OCH3 is 1. The summed E-state index contributed by atoms with van der Waals surface area (Å²) in [5.74, 6) is -0.242. The fraction of sp³-hybridized carbons (Fsp3) is 0.0625. The smallest absolute Gasteiger partial charge is 0.328 e. The van der Waals surface area contributed by atoms with Gasteiger partial charge >= 0.3 is 5.97 Å². The molecule has 102 valence electrons. The van der Waals surface area contributed by atoms with Crippen molar-refractivity contribution in [3.05, 3.63) is 70.2 Å². The van der Waals surface area contributed by atoms with Crippen LogP contribution in [0.15, 0.2) is 59.1 Å². The molecule has 0 aromatic heterocycles. The number of carboxylic acid groups (broad SMARTS) is 1. The van der Waals surface area contributed by atoms with Crippen molar-refractivity contribution in [2.45, 2.75) is 0 Å². The van der Waals surface area contributed by atoms with Gasteiger partial charge in [-0.2, -0.15) is 0 Å². The largest absolute Gasteiger partial charge is 0.497 e. The van der Waals surface area contributed by atoms with Crippen LogP contribution in [0.4, 0.5) is 0 Å². The number of carboxylic acids is 1. The van der Waals surface area contributed by atoms with E-state index in [1.807, 2.05) is 48.5 Å². The molecule has 0 unspecified atom stereocenters. The molecule has 0 aliphatic heterocycles. The third-order valence-corrected chi connectivity index (χ3v) is 3.30. The number of carbonyl (C=O) groups is 1. The number of hydrogen-bond donors (Lipinski definition) is 1. The van der Waals surface area contributed by atoms with Crippen LogP contribution >= 0.6 is 15.9 Å². The molecule has 0 bridgehead atoms. The van der Waals surface area contributed by atoms with Gasteiger partial charge in [-0.05, 0) is 41.0 Å². The van der Waals surface area contributed by atoms with Gasteiger partial charge in [0, 0.05) is 10.5 Å². The third kappa shape index (κ3) is 3.48. The van der Waals surface area contributed by atoms with Crippen molar-refractivity contribution in [2.75, 3.05) is 7.11 Å². The molecule has 0 fully saturated rings. The third-order valence-electron chi connectivity index (χ3n) is 2.80. The minimum atomic E-state index is -0.976. The van der Waals surface area contributed by atoms with Crippen LogP contribution in [0, 0.1) is 0 Å². The summed E-state index contributed by atoms with van der Waals surface area (Å²) in [6, 6.07) is 14.8. The van der Waals surface area contributed by atoms with E-state index in [-0.39, 0.29) is 0 Å². The van der Waals surface area contributed by atoms with E-state index in [0.717, 1.165) is 21.3 Å². The van der Waals surface area contributed by atoms with Gasteiger partial charge in [-0.1, -0.05) is 40.2 Å². The number of halogens is 1. The Morgan fingerprint density at radius 1 is 1.15 bits per heavy atom. The average molecular weight is 333 g/mol. The Morgan fingerprint density at radius 3 is 2.40 bits per heavy atom. The molecule has 0 spiro atoms. The van der Waals surface area contributed by atoms with Gasteiger partial charge in [-0.15, -0.1) is 0 Å². The highest BCUT2D eigenvalue weighted by atomic mass is 79.9. The van der Waals surface area contributed by atoms with Crippen LogP contribution in [0.3, 0.4) is 0 Å². The second-order valence-corrected chi connectivity index (χ2v) is 5.05. The summed E-state index contributed by atoms with van der Waals surface area (Å²) in [5.41, 5.74) is 2.32. The van der Waals surface area contributed by atoms with Crippen molar-refractivity contribution in [2.24, 2.45) is 0 Å². The first-order chi connectivity index (χ1) is 9.60. The standard InChI is InChI=1S/C16H13BrO3/c1-20-14-7-5-11(6-8-14)15(10-16(18)19)12-3-2-4-13(17)9-12/h2-10H,1H3,(H,18,19)/b15-10-. The minimum Gasteiger partial charge on any atom is -0.497 e. The van der Waals surface area contributed by atoms with Crippen molar-refractivity contribution in [1.29, 1.82) is 0 Å². The molecule has 0 saturated carbocycles. The normalized spacial score (nSPS) is 11.2. The molecule has 2 aromatic carbocycles. The first kappa shape index (κ1) is 14.3. The predicted molar refractivity (Wildman–Crippen MR) is 81.9 cm³/mol. The molecule has 0 atom stereocenters. The maximum atomic E-state index is 11.1. The Hall–Kier alpha value is -2.07. The SMILES string of the molecule is COc1ccc(/C(=C/C(=O)O)c2cccc(Br)c2)cc1. The Balaban J connectivity index is 2.50. The number of benzene rings is 2. The lowest BCUT2D eigenvalue weighted by molar-refractivity contribution is -0.131. The number of rotatable bonds is 4. The van der Waals surface area contributed by atoms with E-state index in [4.69, 9.17) is 9.84 Å². The van der Waals surface area contributed by atoms with Gasteiger partial charge in [0.15, 0.2) is 0 Å². The summed E-state index contributed by atoms with van der Waals surface area (Å²) < 4.78 is 6.01. The number of ether oxygens (including phenoxy) is 1. The summed E-state index contributed by atoms with van der Waals surface area (Å²) in [5, 5.41) is 9.06. The second kappa shape index (κ2) is 6.39. The second-order valence-electron chi connectivity index (χ2n) is 4.14. The lowest BCUT2D eigenvalue weighted by Gasteiger charge is -2.09. The molecule has 0 heterocycles. The van der Waals surface area contributed by atoms with E-state index in [2.05, 4.69) is 15.9 Å². The van der Waals surface area contributed by atoms with Crippen LogP contribution in [0.25, 0.3) is 5.57 Å².